The number of rotatable bonds is 7. The molecule has 0 aromatic heterocycles. The highest BCUT2D eigenvalue weighted by Gasteiger charge is 2.10. The molecule has 2 N–H and O–H groups in total. The zero-order chi connectivity index (χ0) is 21.3. The van der Waals surface area contributed by atoms with E-state index >= 15 is 0 Å². The number of para-hydroxylation sites is 1. The molecule has 0 aliphatic carbocycles. The molecular formula is C24H25N3O3. The second-order valence-corrected chi connectivity index (χ2v) is 6.91. The van der Waals surface area contributed by atoms with Crippen LogP contribution in [-0.2, 0) is 0 Å². The number of benzene rings is 3. The summed E-state index contributed by atoms with van der Waals surface area (Å²) < 4.78 is 5.66. The fraction of sp³-hybridized carbons (Fsp3) is 0.167. The van der Waals surface area contributed by atoms with Crippen molar-refractivity contribution in [3.8, 4) is 5.75 Å². The molecule has 30 heavy (non-hydrogen) atoms. The Morgan fingerprint density at radius 2 is 1.47 bits per heavy atom. The summed E-state index contributed by atoms with van der Waals surface area (Å²) >= 11 is 0. The first-order valence-electron chi connectivity index (χ1n) is 9.69. The highest BCUT2D eigenvalue weighted by Crippen LogP contribution is 2.14. The molecule has 0 saturated heterocycles. The van der Waals surface area contributed by atoms with Crippen LogP contribution in [0.4, 0.5) is 16.2 Å². The first-order valence-corrected chi connectivity index (χ1v) is 9.69. The molecule has 0 unspecified atom stereocenters. The van der Waals surface area contributed by atoms with Gasteiger partial charge in [0, 0.05) is 24.0 Å². The molecule has 0 saturated carbocycles. The minimum Gasteiger partial charge on any atom is -0.492 e. The van der Waals surface area contributed by atoms with Crippen molar-refractivity contribution < 1.29 is 14.3 Å². The number of likely N-dealkylation sites (N-methyl/N-ethyl adjacent to an activating group) is 1. The first kappa shape index (κ1) is 20.9. The number of anilines is 2. The molecule has 3 aromatic carbocycles. The Morgan fingerprint density at radius 3 is 2.13 bits per heavy atom. The summed E-state index contributed by atoms with van der Waals surface area (Å²) in [6.07, 6.45) is 0. The summed E-state index contributed by atoms with van der Waals surface area (Å²) in [5.74, 6) is 0.572. The van der Waals surface area contributed by atoms with Gasteiger partial charge in [-0.3, -0.25) is 4.79 Å². The van der Waals surface area contributed by atoms with Crippen LogP contribution in [0.5, 0.6) is 5.75 Å². The lowest BCUT2D eigenvalue weighted by Crippen LogP contribution is -2.34. The molecule has 0 heterocycles. The Kier molecular flexibility index (Phi) is 7.05. The van der Waals surface area contributed by atoms with Crippen LogP contribution in [-0.4, -0.2) is 37.0 Å². The summed E-state index contributed by atoms with van der Waals surface area (Å²) in [6.45, 7) is 2.85. The molecule has 0 spiro atoms. The molecule has 6 nitrogen and oxygen atoms in total. The molecule has 6 heteroatoms. The van der Waals surface area contributed by atoms with E-state index in [4.69, 9.17) is 4.74 Å². The average Bonchev–Trinajstić information content (AvgIpc) is 2.76. The Hall–Kier alpha value is -3.80. The molecule has 0 bridgehead atoms. The van der Waals surface area contributed by atoms with Crippen molar-refractivity contribution >= 4 is 23.3 Å². The van der Waals surface area contributed by atoms with E-state index in [0.29, 0.717) is 24.4 Å². The van der Waals surface area contributed by atoms with E-state index in [1.807, 2.05) is 61.5 Å². The molecule has 0 aliphatic heterocycles. The van der Waals surface area contributed by atoms with Crippen molar-refractivity contribution in [3.05, 3.63) is 90.0 Å². The van der Waals surface area contributed by atoms with Gasteiger partial charge >= 0.3 is 6.03 Å². The maximum absolute atomic E-state index is 12.3. The topological polar surface area (TPSA) is 70.7 Å². The maximum atomic E-state index is 12.3. The summed E-state index contributed by atoms with van der Waals surface area (Å²) in [7, 11) is 1.70. The molecular weight excluding hydrogens is 378 g/mol. The van der Waals surface area contributed by atoms with Gasteiger partial charge in [0.05, 0.1) is 6.54 Å². The van der Waals surface area contributed by atoms with Crippen LogP contribution >= 0.6 is 0 Å². The third-order valence-electron chi connectivity index (χ3n) is 4.49. The molecule has 0 aliphatic rings. The molecule has 3 aromatic rings. The van der Waals surface area contributed by atoms with Crippen LogP contribution in [0.15, 0.2) is 78.9 Å². The second kappa shape index (κ2) is 10.1. The van der Waals surface area contributed by atoms with Crippen LogP contribution in [0.25, 0.3) is 0 Å². The van der Waals surface area contributed by atoms with Gasteiger partial charge in [-0.1, -0.05) is 35.9 Å². The molecule has 154 valence electrons. The third kappa shape index (κ3) is 6.10. The minimum atomic E-state index is -0.246. The van der Waals surface area contributed by atoms with Crippen LogP contribution in [0.2, 0.25) is 0 Å². The zero-order valence-electron chi connectivity index (χ0n) is 17.1. The number of urea groups is 1. The van der Waals surface area contributed by atoms with E-state index in [1.54, 1.807) is 36.2 Å². The fourth-order valence-electron chi connectivity index (χ4n) is 2.69. The lowest BCUT2D eigenvalue weighted by atomic mass is 10.2. The zero-order valence-corrected chi connectivity index (χ0v) is 17.1. The van der Waals surface area contributed by atoms with E-state index in [1.165, 1.54) is 5.56 Å². The van der Waals surface area contributed by atoms with Crippen molar-refractivity contribution in [2.24, 2.45) is 0 Å². The van der Waals surface area contributed by atoms with E-state index in [0.717, 1.165) is 11.4 Å². The maximum Gasteiger partial charge on any atom is 0.321 e. The standard InChI is InChI=1S/C24H25N3O3/c1-18-8-14-22(15-9-18)30-17-16-27(2)24(29)26-21-12-10-19(11-13-21)23(28)25-20-6-4-3-5-7-20/h3-15H,16-17H2,1-2H3,(H,25,28)(H,26,29). The second-order valence-electron chi connectivity index (χ2n) is 6.91. The Labute approximate surface area is 176 Å². The average molecular weight is 403 g/mol. The number of nitrogens with zero attached hydrogens (tertiary/aromatic N) is 1. The molecule has 3 rings (SSSR count). The first-order chi connectivity index (χ1) is 14.5. The number of hydrogen-bond acceptors (Lipinski definition) is 3. The van der Waals surface area contributed by atoms with Gasteiger partial charge in [-0.25, -0.2) is 4.79 Å². The smallest absolute Gasteiger partial charge is 0.321 e. The lowest BCUT2D eigenvalue weighted by molar-refractivity contribution is 0.102. The quantitative estimate of drug-likeness (QED) is 0.596. The fourth-order valence-corrected chi connectivity index (χ4v) is 2.69. The van der Waals surface area contributed by atoms with Crippen molar-refractivity contribution in [1.29, 1.82) is 0 Å². The van der Waals surface area contributed by atoms with Crippen LogP contribution in [0.3, 0.4) is 0 Å². The lowest BCUT2D eigenvalue weighted by Gasteiger charge is -2.18. The number of carbonyl (C=O) groups is 2. The number of carbonyl (C=O) groups excluding carboxylic acids is 2. The van der Waals surface area contributed by atoms with Crippen molar-refractivity contribution in [1.82, 2.24) is 4.90 Å². The van der Waals surface area contributed by atoms with E-state index in [-0.39, 0.29) is 11.9 Å². The largest absolute Gasteiger partial charge is 0.492 e. The van der Waals surface area contributed by atoms with Gasteiger partial charge in [-0.15, -0.1) is 0 Å². The minimum absolute atomic E-state index is 0.204. The number of amides is 3. The highest BCUT2D eigenvalue weighted by atomic mass is 16.5. The molecule has 0 radical (unpaired) electrons. The Bertz CT molecular complexity index is 971. The predicted octanol–water partition coefficient (Wildman–Crippen LogP) is 4.79. The van der Waals surface area contributed by atoms with Crippen molar-refractivity contribution in [2.75, 3.05) is 30.8 Å². The summed E-state index contributed by atoms with van der Waals surface area (Å²) in [4.78, 5) is 26.2. The number of hydrogen-bond donors (Lipinski definition) is 2. The van der Waals surface area contributed by atoms with Gasteiger partial charge in [0.2, 0.25) is 0 Å². The van der Waals surface area contributed by atoms with Gasteiger partial charge in [0.15, 0.2) is 0 Å². The van der Waals surface area contributed by atoms with Gasteiger partial charge in [0.1, 0.15) is 12.4 Å². The summed E-state index contributed by atoms with van der Waals surface area (Å²) in [6, 6.07) is 23.5. The number of nitrogens with one attached hydrogen (secondary N) is 2. The van der Waals surface area contributed by atoms with Crippen molar-refractivity contribution in [3.63, 3.8) is 0 Å². The number of aryl methyl sites for hydroxylation is 1. The summed E-state index contributed by atoms with van der Waals surface area (Å²) in [5, 5.41) is 5.64. The highest BCUT2D eigenvalue weighted by molar-refractivity contribution is 6.04. The Morgan fingerprint density at radius 1 is 0.833 bits per heavy atom. The molecule has 3 amide bonds. The normalized spacial score (nSPS) is 10.2. The van der Waals surface area contributed by atoms with Gasteiger partial charge < -0.3 is 20.3 Å². The third-order valence-corrected chi connectivity index (χ3v) is 4.49. The predicted molar refractivity (Wildman–Crippen MR) is 119 cm³/mol. The monoisotopic (exact) mass is 403 g/mol. The van der Waals surface area contributed by atoms with E-state index in [9.17, 15) is 9.59 Å². The van der Waals surface area contributed by atoms with E-state index in [2.05, 4.69) is 10.6 Å². The van der Waals surface area contributed by atoms with Gasteiger partial charge in [-0.2, -0.15) is 0 Å². The Balaban J connectivity index is 1.46. The van der Waals surface area contributed by atoms with Crippen LogP contribution in [0.1, 0.15) is 15.9 Å². The summed E-state index contributed by atoms with van der Waals surface area (Å²) in [5.41, 5.74) is 3.02. The van der Waals surface area contributed by atoms with Crippen molar-refractivity contribution in [2.45, 2.75) is 6.92 Å². The number of ether oxygens (including phenoxy) is 1. The molecule has 0 atom stereocenters. The van der Waals surface area contributed by atoms with Crippen LogP contribution in [0, 0.1) is 6.92 Å². The van der Waals surface area contributed by atoms with Crippen LogP contribution < -0.4 is 15.4 Å². The van der Waals surface area contributed by atoms with Gasteiger partial charge in [-0.05, 0) is 55.5 Å². The SMILES string of the molecule is Cc1ccc(OCCN(C)C(=O)Nc2ccc(C(=O)Nc3ccccc3)cc2)cc1. The van der Waals surface area contributed by atoms with E-state index < -0.39 is 0 Å². The molecule has 0 fully saturated rings. The van der Waals surface area contributed by atoms with Gasteiger partial charge in [0.25, 0.3) is 5.91 Å².